The molecule has 0 amide bonds. The van der Waals surface area contributed by atoms with Crippen LogP contribution < -0.4 is 0 Å². The molecule has 0 aromatic carbocycles. The highest BCUT2D eigenvalue weighted by Crippen LogP contribution is 2.43. The Morgan fingerprint density at radius 2 is 1.71 bits per heavy atom. The Morgan fingerprint density at radius 3 is 2.24 bits per heavy atom. The highest BCUT2D eigenvalue weighted by molar-refractivity contribution is 6.09. The van der Waals surface area contributed by atoms with Crippen molar-refractivity contribution < 1.29 is 14.4 Å². The van der Waals surface area contributed by atoms with Gasteiger partial charge in [0.25, 0.3) is 0 Å². The zero-order chi connectivity index (χ0) is 13.3. The van der Waals surface area contributed by atoms with Gasteiger partial charge >= 0.3 is 0 Å². The van der Waals surface area contributed by atoms with Crippen molar-refractivity contribution in [1.29, 1.82) is 0 Å². The largest absolute Gasteiger partial charge is 0.300 e. The maximum Gasteiger partial charge on any atom is 0.151 e. The highest BCUT2D eigenvalue weighted by Gasteiger charge is 2.49. The van der Waals surface area contributed by atoms with E-state index in [9.17, 15) is 14.4 Å². The van der Waals surface area contributed by atoms with Crippen molar-refractivity contribution in [3.63, 3.8) is 0 Å². The molecule has 0 aromatic rings. The Bertz CT molecular complexity index is 354. The van der Waals surface area contributed by atoms with Crippen LogP contribution in [0.2, 0.25) is 0 Å². The molecule has 0 spiro atoms. The number of ketones is 3. The number of rotatable bonds is 4. The fourth-order valence-corrected chi connectivity index (χ4v) is 2.69. The van der Waals surface area contributed by atoms with Crippen LogP contribution in [0, 0.1) is 10.8 Å². The lowest BCUT2D eigenvalue weighted by atomic mass is 9.61. The van der Waals surface area contributed by atoms with Gasteiger partial charge in [-0.15, -0.1) is 0 Å². The molecule has 0 heterocycles. The van der Waals surface area contributed by atoms with E-state index in [1.807, 2.05) is 13.8 Å². The minimum Gasteiger partial charge on any atom is -0.300 e. The molecular weight excluding hydrogens is 216 g/mol. The Kier molecular flexibility index (Phi) is 3.90. The summed E-state index contributed by atoms with van der Waals surface area (Å²) in [6.07, 6.45) is 2.84. The first-order valence-electron chi connectivity index (χ1n) is 6.28. The number of hydrogen-bond donors (Lipinski definition) is 0. The zero-order valence-corrected chi connectivity index (χ0v) is 11.3. The Hall–Kier alpha value is -0.990. The molecule has 3 nitrogen and oxygen atoms in total. The molecule has 0 aliphatic heterocycles. The van der Waals surface area contributed by atoms with Crippen molar-refractivity contribution in [2.75, 3.05) is 0 Å². The fraction of sp³-hybridized carbons (Fsp3) is 0.786. The van der Waals surface area contributed by atoms with Crippen molar-refractivity contribution in [2.45, 2.75) is 59.8 Å². The fourth-order valence-electron chi connectivity index (χ4n) is 2.69. The third-order valence-corrected chi connectivity index (χ3v) is 3.91. The standard InChI is InChI=1S/C14H22O3/c1-10(15)6-7-11(16)14(4)9-5-8-13(2,3)12(14)17/h5-9H2,1-4H3. The monoisotopic (exact) mass is 238 g/mol. The van der Waals surface area contributed by atoms with Crippen molar-refractivity contribution in [3.8, 4) is 0 Å². The molecule has 1 aliphatic carbocycles. The number of carbonyl (C=O) groups is 3. The molecule has 0 radical (unpaired) electrons. The van der Waals surface area contributed by atoms with Gasteiger partial charge in [-0.1, -0.05) is 20.3 Å². The summed E-state index contributed by atoms with van der Waals surface area (Å²) in [4.78, 5) is 35.4. The van der Waals surface area contributed by atoms with E-state index in [1.54, 1.807) is 6.92 Å². The zero-order valence-electron chi connectivity index (χ0n) is 11.3. The van der Waals surface area contributed by atoms with Crippen LogP contribution >= 0.6 is 0 Å². The van der Waals surface area contributed by atoms with E-state index in [-0.39, 0.29) is 30.2 Å². The van der Waals surface area contributed by atoms with Crippen molar-refractivity contribution in [1.82, 2.24) is 0 Å². The predicted octanol–water partition coefficient (Wildman–Crippen LogP) is 2.71. The second-order valence-electron chi connectivity index (χ2n) is 6.02. The molecule has 96 valence electrons. The van der Waals surface area contributed by atoms with E-state index in [2.05, 4.69) is 0 Å². The first-order chi connectivity index (χ1) is 7.70. The second-order valence-corrected chi connectivity index (χ2v) is 6.02. The summed E-state index contributed by atoms with van der Waals surface area (Å²) < 4.78 is 0. The lowest BCUT2D eigenvalue weighted by Gasteiger charge is -2.40. The summed E-state index contributed by atoms with van der Waals surface area (Å²) >= 11 is 0. The molecule has 0 aromatic heterocycles. The molecule has 1 unspecified atom stereocenters. The van der Waals surface area contributed by atoms with E-state index in [0.29, 0.717) is 6.42 Å². The average molecular weight is 238 g/mol. The molecular formula is C14H22O3. The van der Waals surface area contributed by atoms with Crippen molar-refractivity contribution in [2.24, 2.45) is 10.8 Å². The van der Waals surface area contributed by atoms with E-state index in [1.165, 1.54) is 6.92 Å². The maximum atomic E-state index is 12.3. The van der Waals surface area contributed by atoms with Gasteiger partial charge in [-0.3, -0.25) is 9.59 Å². The Labute approximate surface area is 103 Å². The molecule has 1 aliphatic rings. The summed E-state index contributed by atoms with van der Waals surface area (Å²) in [6.45, 7) is 7.04. The van der Waals surface area contributed by atoms with E-state index >= 15 is 0 Å². The molecule has 1 atom stereocenters. The van der Waals surface area contributed by atoms with E-state index in [4.69, 9.17) is 0 Å². The highest BCUT2D eigenvalue weighted by atomic mass is 16.2. The summed E-state index contributed by atoms with van der Waals surface area (Å²) in [5.41, 5.74) is -1.27. The summed E-state index contributed by atoms with van der Waals surface area (Å²) in [7, 11) is 0. The normalized spacial score (nSPS) is 27.9. The van der Waals surface area contributed by atoms with Gasteiger partial charge in [0.05, 0.1) is 5.41 Å². The number of hydrogen-bond acceptors (Lipinski definition) is 3. The van der Waals surface area contributed by atoms with Crippen LogP contribution in [0.3, 0.4) is 0 Å². The molecule has 0 N–H and O–H groups in total. The SMILES string of the molecule is CC(=O)CCC(=O)C1(C)CCCC(C)(C)C1=O. The second kappa shape index (κ2) is 4.71. The van der Waals surface area contributed by atoms with E-state index in [0.717, 1.165) is 12.8 Å². The lowest BCUT2D eigenvalue weighted by molar-refractivity contribution is -0.149. The van der Waals surface area contributed by atoms with Crippen LogP contribution in [-0.2, 0) is 14.4 Å². The molecule has 1 fully saturated rings. The quantitative estimate of drug-likeness (QED) is 0.707. The summed E-state index contributed by atoms with van der Waals surface area (Å²) in [6, 6.07) is 0. The number of Topliss-reactive ketones (excluding diaryl/α,β-unsaturated/α-hetero) is 3. The van der Waals surface area contributed by atoms with Gasteiger partial charge in [-0.25, -0.2) is 0 Å². The van der Waals surface area contributed by atoms with Crippen LogP contribution in [0.25, 0.3) is 0 Å². The van der Waals surface area contributed by atoms with Crippen LogP contribution in [0.4, 0.5) is 0 Å². The lowest BCUT2D eigenvalue weighted by Crippen LogP contribution is -2.47. The molecule has 1 rings (SSSR count). The van der Waals surface area contributed by atoms with Crippen LogP contribution in [0.5, 0.6) is 0 Å². The van der Waals surface area contributed by atoms with E-state index < -0.39 is 10.8 Å². The maximum absolute atomic E-state index is 12.3. The minimum absolute atomic E-state index is 0.00414. The first kappa shape index (κ1) is 14.1. The minimum atomic E-state index is -0.864. The van der Waals surface area contributed by atoms with Gasteiger partial charge in [0.2, 0.25) is 0 Å². The molecule has 17 heavy (non-hydrogen) atoms. The topological polar surface area (TPSA) is 51.2 Å². The van der Waals surface area contributed by atoms with Gasteiger partial charge in [0.1, 0.15) is 11.6 Å². The Morgan fingerprint density at radius 1 is 1.12 bits per heavy atom. The van der Waals surface area contributed by atoms with Gasteiger partial charge in [0.15, 0.2) is 5.78 Å². The van der Waals surface area contributed by atoms with Crippen molar-refractivity contribution in [3.05, 3.63) is 0 Å². The predicted molar refractivity (Wildman–Crippen MR) is 65.7 cm³/mol. The molecule has 1 saturated carbocycles. The van der Waals surface area contributed by atoms with Gasteiger partial charge in [-0.2, -0.15) is 0 Å². The van der Waals surface area contributed by atoms with Gasteiger partial charge in [-0.05, 0) is 26.7 Å². The number of carbonyl (C=O) groups excluding carboxylic acids is 3. The smallest absolute Gasteiger partial charge is 0.151 e. The summed E-state index contributed by atoms with van der Waals surface area (Å²) in [5.74, 6) is -0.0141. The molecule has 0 saturated heterocycles. The molecule has 0 bridgehead atoms. The van der Waals surface area contributed by atoms with Crippen LogP contribution in [0.15, 0.2) is 0 Å². The van der Waals surface area contributed by atoms with Gasteiger partial charge < -0.3 is 4.79 Å². The van der Waals surface area contributed by atoms with Crippen molar-refractivity contribution >= 4 is 17.3 Å². The third kappa shape index (κ3) is 2.82. The van der Waals surface area contributed by atoms with Crippen LogP contribution in [0.1, 0.15) is 59.8 Å². The average Bonchev–Trinajstić information content (AvgIpc) is 2.22. The van der Waals surface area contributed by atoms with Gasteiger partial charge in [0, 0.05) is 18.3 Å². The van der Waals surface area contributed by atoms with Crippen LogP contribution in [-0.4, -0.2) is 17.3 Å². The first-order valence-corrected chi connectivity index (χ1v) is 6.28. The molecule has 3 heteroatoms. The Balaban J connectivity index is 2.82. The third-order valence-electron chi connectivity index (χ3n) is 3.91. The summed E-state index contributed by atoms with van der Waals surface area (Å²) in [5, 5.41) is 0.